The highest BCUT2D eigenvalue weighted by molar-refractivity contribution is 5.75. The number of Topliss-reactive ketones (excluding diaryl/α,β-unsaturated/α-hetero) is 1. The predicted octanol–water partition coefficient (Wildman–Crippen LogP) is 0.531. The summed E-state index contributed by atoms with van der Waals surface area (Å²) >= 11 is 0. The molecule has 0 amide bonds. The number of carboxylic acid groups (broad SMARTS) is 2. The molecule has 0 aliphatic rings. The van der Waals surface area contributed by atoms with Gasteiger partial charge < -0.3 is 15.0 Å². The normalized spacial score (nSPS) is 7.83. The third kappa shape index (κ3) is 38.3. The number of hydrogen-bond donors (Lipinski definition) is 2. The van der Waals surface area contributed by atoms with Gasteiger partial charge in [-0.3, -0.25) is 9.59 Å². The predicted molar refractivity (Wildman–Crippen MR) is 40.9 cm³/mol. The number of carbonyl (C=O) groups excluding carboxylic acids is 1. The van der Waals surface area contributed by atoms with E-state index in [-0.39, 0.29) is 18.6 Å². The van der Waals surface area contributed by atoms with Gasteiger partial charge in [-0.2, -0.15) is 0 Å². The molecule has 0 atom stereocenters. The van der Waals surface area contributed by atoms with Crippen LogP contribution in [0.3, 0.4) is 0 Å². The second-order valence-electron chi connectivity index (χ2n) is 2.20. The molecule has 0 aromatic rings. The maximum absolute atomic E-state index is 9.64. The van der Waals surface area contributed by atoms with E-state index in [2.05, 4.69) is 0 Å². The van der Waals surface area contributed by atoms with Gasteiger partial charge in [-0.05, 0) is 13.8 Å². The Balaban J connectivity index is 0. The smallest absolute Gasteiger partial charge is 0.303 e. The summed E-state index contributed by atoms with van der Waals surface area (Å²) in [5.41, 5.74) is 0. The number of carbonyl (C=O) groups is 3. The van der Waals surface area contributed by atoms with E-state index in [1.807, 2.05) is 0 Å². The Bertz CT molecular complexity index is 155. The first-order chi connectivity index (χ1) is 5.36. The standard InChI is InChI=1S/C4H6O4.C3H6O/c5-3(6)1-2-4(7)8;1-3(2)4/h1-2H2,(H,5,6)(H,7,8);1-2H3. The Morgan fingerprint density at radius 1 is 0.917 bits per heavy atom. The van der Waals surface area contributed by atoms with Crippen molar-refractivity contribution in [1.29, 1.82) is 0 Å². The maximum atomic E-state index is 9.64. The fraction of sp³-hybridized carbons (Fsp3) is 0.571. The van der Waals surface area contributed by atoms with Crippen molar-refractivity contribution in [3.63, 3.8) is 0 Å². The molecule has 0 aliphatic heterocycles. The first-order valence-corrected chi connectivity index (χ1v) is 3.27. The van der Waals surface area contributed by atoms with Gasteiger partial charge in [0.25, 0.3) is 0 Å². The Morgan fingerprint density at radius 2 is 1.08 bits per heavy atom. The first-order valence-electron chi connectivity index (χ1n) is 3.27. The molecule has 0 aromatic heterocycles. The lowest BCUT2D eigenvalue weighted by molar-refractivity contribution is -0.143. The Labute approximate surface area is 70.0 Å². The molecule has 0 spiro atoms. The molecule has 2 N–H and O–H groups in total. The fourth-order valence-corrected chi connectivity index (χ4v) is 0.214. The Hall–Kier alpha value is -1.39. The molecule has 12 heavy (non-hydrogen) atoms. The van der Waals surface area contributed by atoms with E-state index in [0.29, 0.717) is 0 Å². The lowest BCUT2D eigenvalue weighted by Crippen LogP contribution is -2.00. The van der Waals surface area contributed by atoms with E-state index in [1.54, 1.807) is 0 Å². The highest BCUT2D eigenvalue weighted by Gasteiger charge is 2.00. The molecule has 0 aromatic carbocycles. The van der Waals surface area contributed by atoms with Gasteiger partial charge in [0.05, 0.1) is 12.8 Å². The maximum Gasteiger partial charge on any atom is 0.303 e. The molecule has 5 heteroatoms. The molecular formula is C7H12O5. The zero-order valence-electron chi connectivity index (χ0n) is 7.03. The van der Waals surface area contributed by atoms with Crippen LogP contribution in [0.15, 0.2) is 0 Å². The molecule has 0 unspecified atom stereocenters. The molecule has 0 radical (unpaired) electrons. The van der Waals surface area contributed by atoms with Crippen LogP contribution in [-0.2, 0) is 14.4 Å². The molecule has 0 saturated carbocycles. The van der Waals surface area contributed by atoms with E-state index in [4.69, 9.17) is 10.2 Å². The van der Waals surface area contributed by atoms with Crippen molar-refractivity contribution in [1.82, 2.24) is 0 Å². The summed E-state index contributed by atoms with van der Waals surface area (Å²) in [6, 6.07) is 0. The van der Waals surface area contributed by atoms with Crippen molar-refractivity contribution in [3.8, 4) is 0 Å². The van der Waals surface area contributed by atoms with Gasteiger partial charge >= 0.3 is 11.9 Å². The molecule has 70 valence electrons. The summed E-state index contributed by atoms with van der Waals surface area (Å²) in [5, 5.41) is 15.8. The lowest BCUT2D eigenvalue weighted by Gasteiger charge is -1.85. The van der Waals surface area contributed by atoms with Gasteiger partial charge in [-0.15, -0.1) is 0 Å². The number of ketones is 1. The molecule has 0 aliphatic carbocycles. The van der Waals surface area contributed by atoms with Crippen LogP contribution in [0, 0.1) is 0 Å². The monoisotopic (exact) mass is 176 g/mol. The number of hydrogen-bond acceptors (Lipinski definition) is 3. The average Bonchev–Trinajstić information content (AvgIpc) is 1.82. The summed E-state index contributed by atoms with van der Waals surface area (Å²) in [5.74, 6) is -1.99. The minimum absolute atomic E-state index is 0.167. The number of carboxylic acids is 2. The van der Waals surface area contributed by atoms with E-state index in [1.165, 1.54) is 13.8 Å². The zero-order chi connectivity index (χ0) is 10.1. The summed E-state index contributed by atoms with van der Waals surface area (Å²) in [7, 11) is 0. The van der Waals surface area contributed by atoms with Crippen LogP contribution in [0.1, 0.15) is 26.7 Å². The molecule has 0 bridgehead atoms. The third-order valence-electron chi connectivity index (χ3n) is 0.553. The van der Waals surface area contributed by atoms with E-state index in [0.717, 1.165) is 0 Å². The van der Waals surface area contributed by atoms with Gasteiger partial charge in [-0.25, -0.2) is 0 Å². The van der Waals surface area contributed by atoms with Crippen LogP contribution in [0.25, 0.3) is 0 Å². The Morgan fingerprint density at radius 3 is 1.17 bits per heavy atom. The first kappa shape index (κ1) is 13.2. The van der Waals surface area contributed by atoms with Gasteiger partial charge in [0.1, 0.15) is 5.78 Å². The molecule has 0 heterocycles. The SMILES string of the molecule is CC(C)=O.O=C(O)CCC(=O)O. The van der Waals surface area contributed by atoms with Crippen molar-refractivity contribution in [2.24, 2.45) is 0 Å². The zero-order valence-corrected chi connectivity index (χ0v) is 7.03. The number of aliphatic carboxylic acids is 2. The van der Waals surface area contributed by atoms with Crippen molar-refractivity contribution >= 4 is 17.7 Å². The molecule has 0 fully saturated rings. The van der Waals surface area contributed by atoms with Gasteiger partial charge in [0.15, 0.2) is 0 Å². The molecule has 5 nitrogen and oxygen atoms in total. The minimum Gasteiger partial charge on any atom is -0.481 e. The van der Waals surface area contributed by atoms with Crippen LogP contribution in [0.4, 0.5) is 0 Å². The quantitative estimate of drug-likeness (QED) is 0.654. The highest BCUT2D eigenvalue weighted by Crippen LogP contribution is 1.86. The fourth-order valence-electron chi connectivity index (χ4n) is 0.214. The molecular weight excluding hydrogens is 164 g/mol. The van der Waals surface area contributed by atoms with Gasteiger partial charge in [0, 0.05) is 0 Å². The minimum atomic E-state index is -1.08. The third-order valence-corrected chi connectivity index (χ3v) is 0.553. The summed E-state index contributed by atoms with van der Waals surface area (Å²) in [6.45, 7) is 3.06. The number of rotatable bonds is 3. The van der Waals surface area contributed by atoms with Crippen molar-refractivity contribution in [2.75, 3.05) is 0 Å². The van der Waals surface area contributed by atoms with Gasteiger partial charge in [-0.1, -0.05) is 0 Å². The van der Waals surface area contributed by atoms with Crippen molar-refractivity contribution in [2.45, 2.75) is 26.7 Å². The topological polar surface area (TPSA) is 91.7 Å². The average molecular weight is 176 g/mol. The van der Waals surface area contributed by atoms with E-state index >= 15 is 0 Å². The molecule has 0 saturated heterocycles. The largest absolute Gasteiger partial charge is 0.481 e. The summed E-state index contributed by atoms with van der Waals surface area (Å²) < 4.78 is 0. The van der Waals surface area contributed by atoms with Crippen molar-refractivity contribution < 1.29 is 24.6 Å². The lowest BCUT2D eigenvalue weighted by atomic mass is 10.3. The summed E-state index contributed by atoms with van der Waals surface area (Å²) in [4.78, 5) is 28.7. The van der Waals surface area contributed by atoms with Crippen LogP contribution >= 0.6 is 0 Å². The highest BCUT2D eigenvalue weighted by atomic mass is 16.4. The summed E-state index contributed by atoms with van der Waals surface area (Å²) in [6.07, 6.45) is -0.593. The molecule has 0 rings (SSSR count). The van der Waals surface area contributed by atoms with Crippen LogP contribution in [0.2, 0.25) is 0 Å². The second kappa shape index (κ2) is 7.71. The Kier molecular flexibility index (Phi) is 8.50. The van der Waals surface area contributed by atoms with Crippen LogP contribution in [-0.4, -0.2) is 27.9 Å². The van der Waals surface area contributed by atoms with Gasteiger partial charge in [0.2, 0.25) is 0 Å². The second-order valence-corrected chi connectivity index (χ2v) is 2.20. The van der Waals surface area contributed by atoms with Crippen molar-refractivity contribution in [3.05, 3.63) is 0 Å². The van der Waals surface area contributed by atoms with Crippen LogP contribution in [0.5, 0.6) is 0 Å². The van der Waals surface area contributed by atoms with Crippen LogP contribution < -0.4 is 0 Å². The van der Waals surface area contributed by atoms with E-state index in [9.17, 15) is 14.4 Å². The van der Waals surface area contributed by atoms with E-state index < -0.39 is 11.9 Å².